The van der Waals surface area contributed by atoms with Crippen LogP contribution in [0.15, 0.2) is 24.3 Å². The molecule has 1 aromatic carbocycles. The monoisotopic (exact) mass is 353 g/mol. The van der Waals surface area contributed by atoms with Crippen molar-refractivity contribution in [1.29, 1.82) is 0 Å². The number of benzene rings is 1. The first-order valence-electron chi connectivity index (χ1n) is 7.67. The van der Waals surface area contributed by atoms with Crippen molar-refractivity contribution in [2.75, 3.05) is 0 Å². The van der Waals surface area contributed by atoms with E-state index in [-0.39, 0.29) is 22.1 Å². The molecule has 2 fully saturated rings. The highest BCUT2D eigenvalue weighted by atomic mass is 79.9. The molecule has 2 aliphatic rings. The first kappa shape index (κ1) is 14.8. The number of rotatable bonds is 3. The van der Waals surface area contributed by atoms with Crippen molar-refractivity contribution in [2.45, 2.75) is 55.9 Å². The van der Waals surface area contributed by atoms with E-state index in [1.165, 1.54) is 50.7 Å². The van der Waals surface area contributed by atoms with E-state index < -0.39 is 0 Å². The summed E-state index contributed by atoms with van der Waals surface area (Å²) in [5.74, 6) is 0.744. The lowest BCUT2D eigenvalue weighted by Gasteiger charge is -2.53. The zero-order valence-electron chi connectivity index (χ0n) is 12.0. The highest BCUT2D eigenvalue weighted by molar-refractivity contribution is 9.09. The minimum absolute atomic E-state index is 0.110. The van der Waals surface area contributed by atoms with Crippen molar-refractivity contribution >= 4 is 21.6 Å². The Balaban J connectivity index is 1.70. The fourth-order valence-electron chi connectivity index (χ4n) is 3.70. The van der Waals surface area contributed by atoms with Crippen LogP contribution >= 0.6 is 15.9 Å². The molecule has 3 rings (SSSR count). The summed E-state index contributed by atoms with van der Waals surface area (Å²) >= 11 is 3.83. The van der Waals surface area contributed by atoms with E-state index in [1.54, 1.807) is 12.1 Å². The molecule has 0 N–H and O–H groups in total. The van der Waals surface area contributed by atoms with Crippen molar-refractivity contribution in [3.63, 3.8) is 0 Å². The number of nitro groups is 1. The van der Waals surface area contributed by atoms with Crippen molar-refractivity contribution in [3.05, 3.63) is 34.4 Å². The Morgan fingerprint density at radius 2 is 1.76 bits per heavy atom. The van der Waals surface area contributed by atoms with Gasteiger partial charge in [0.25, 0.3) is 5.69 Å². The molecule has 0 aliphatic heterocycles. The number of hydrogen-bond donors (Lipinski definition) is 0. The van der Waals surface area contributed by atoms with Crippen LogP contribution in [0.3, 0.4) is 0 Å². The number of hydrogen-bond acceptors (Lipinski definition) is 3. The fraction of sp³-hybridized carbons (Fsp3) is 0.625. The third-order valence-corrected chi connectivity index (χ3v) is 6.33. The molecule has 5 heteroatoms. The summed E-state index contributed by atoms with van der Waals surface area (Å²) in [6.45, 7) is 0. The van der Waals surface area contributed by atoms with Crippen LogP contribution in [-0.4, -0.2) is 15.9 Å². The van der Waals surface area contributed by atoms with Crippen molar-refractivity contribution < 1.29 is 9.66 Å². The molecule has 4 nitrogen and oxygen atoms in total. The molecule has 0 amide bonds. The fourth-order valence-corrected chi connectivity index (χ4v) is 4.79. The average Bonchev–Trinajstić information content (AvgIpc) is 2.75. The standard InChI is InChI=1S/C16H20BrNO3/c17-14-11-15(16(14)9-3-1-2-4-10-16)21-13-7-5-12(6-8-13)18(19)20/h5-8,14-15H,1-4,9-11H2. The first-order chi connectivity index (χ1) is 10.1. The zero-order chi connectivity index (χ0) is 14.9. The molecule has 0 bridgehead atoms. The van der Waals surface area contributed by atoms with Crippen LogP contribution in [0.4, 0.5) is 5.69 Å². The summed E-state index contributed by atoms with van der Waals surface area (Å²) < 4.78 is 6.15. The van der Waals surface area contributed by atoms with Gasteiger partial charge in [-0.2, -0.15) is 0 Å². The van der Waals surface area contributed by atoms with Crippen molar-refractivity contribution in [2.24, 2.45) is 5.41 Å². The minimum Gasteiger partial charge on any atom is -0.490 e. The van der Waals surface area contributed by atoms with Gasteiger partial charge in [0.2, 0.25) is 0 Å². The summed E-state index contributed by atoms with van der Waals surface area (Å²) in [6, 6.07) is 6.45. The maximum atomic E-state index is 10.7. The quantitative estimate of drug-likeness (QED) is 0.443. The Hall–Kier alpha value is -1.10. The van der Waals surface area contributed by atoms with Gasteiger partial charge in [0, 0.05) is 22.4 Å². The van der Waals surface area contributed by atoms with E-state index in [9.17, 15) is 10.1 Å². The molecule has 2 unspecified atom stereocenters. The largest absolute Gasteiger partial charge is 0.490 e. The molecular formula is C16H20BrNO3. The number of alkyl halides is 1. The van der Waals surface area contributed by atoms with Gasteiger partial charge in [-0.1, -0.05) is 41.6 Å². The Morgan fingerprint density at radius 1 is 1.14 bits per heavy atom. The van der Waals surface area contributed by atoms with Crippen LogP contribution in [0.2, 0.25) is 0 Å². The Labute approximate surface area is 133 Å². The van der Waals surface area contributed by atoms with Gasteiger partial charge in [-0.25, -0.2) is 0 Å². The summed E-state index contributed by atoms with van der Waals surface area (Å²) in [4.78, 5) is 10.9. The second-order valence-corrected chi connectivity index (χ2v) is 7.31. The van der Waals surface area contributed by atoms with Gasteiger partial charge in [-0.3, -0.25) is 10.1 Å². The van der Waals surface area contributed by atoms with Crippen LogP contribution in [0.5, 0.6) is 5.75 Å². The van der Waals surface area contributed by atoms with Gasteiger partial charge in [-0.15, -0.1) is 0 Å². The van der Waals surface area contributed by atoms with Crippen LogP contribution in [0, 0.1) is 15.5 Å². The Morgan fingerprint density at radius 3 is 2.29 bits per heavy atom. The molecule has 2 aliphatic carbocycles. The van der Waals surface area contributed by atoms with Gasteiger partial charge < -0.3 is 4.74 Å². The normalized spacial score (nSPS) is 27.7. The predicted molar refractivity (Wildman–Crippen MR) is 85.0 cm³/mol. The lowest BCUT2D eigenvalue weighted by Crippen LogP contribution is -2.56. The maximum absolute atomic E-state index is 10.7. The first-order valence-corrected chi connectivity index (χ1v) is 8.58. The molecule has 21 heavy (non-hydrogen) atoms. The molecule has 0 aromatic heterocycles. The Bertz CT molecular complexity index is 509. The number of ether oxygens (including phenoxy) is 1. The van der Waals surface area contributed by atoms with Gasteiger partial charge >= 0.3 is 0 Å². The molecule has 0 radical (unpaired) electrons. The molecule has 2 saturated carbocycles. The summed E-state index contributed by atoms with van der Waals surface area (Å²) in [7, 11) is 0. The van der Waals surface area contributed by atoms with Gasteiger partial charge in [-0.05, 0) is 31.4 Å². The van der Waals surface area contributed by atoms with Crippen molar-refractivity contribution in [3.8, 4) is 5.75 Å². The second kappa shape index (κ2) is 5.95. The summed E-state index contributed by atoms with van der Waals surface area (Å²) in [5, 5.41) is 10.7. The van der Waals surface area contributed by atoms with E-state index in [1.807, 2.05) is 0 Å². The molecule has 1 aromatic rings. The maximum Gasteiger partial charge on any atom is 0.269 e. The minimum atomic E-state index is -0.381. The number of nitro benzene ring substituents is 1. The van der Waals surface area contributed by atoms with Crippen LogP contribution in [0.25, 0.3) is 0 Å². The van der Waals surface area contributed by atoms with Crippen LogP contribution in [0.1, 0.15) is 44.9 Å². The van der Waals surface area contributed by atoms with Gasteiger partial charge in [0.15, 0.2) is 0 Å². The van der Waals surface area contributed by atoms with Gasteiger partial charge in [0.1, 0.15) is 11.9 Å². The molecule has 1 spiro atoms. The number of non-ortho nitro benzene ring substituents is 1. The lowest BCUT2D eigenvalue weighted by atomic mass is 9.61. The van der Waals surface area contributed by atoms with E-state index in [0.717, 1.165) is 12.2 Å². The van der Waals surface area contributed by atoms with Gasteiger partial charge in [0.05, 0.1) is 4.92 Å². The topological polar surface area (TPSA) is 52.4 Å². The second-order valence-electron chi connectivity index (χ2n) is 6.21. The zero-order valence-corrected chi connectivity index (χ0v) is 13.5. The molecular weight excluding hydrogens is 334 g/mol. The van der Waals surface area contributed by atoms with Crippen molar-refractivity contribution in [1.82, 2.24) is 0 Å². The SMILES string of the molecule is O=[N+]([O-])c1ccc(OC2CC(Br)C23CCCCCC3)cc1. The van der Waals surface area contributed by atoms with Crippen LogP contribution < -0.4 is 4.74 Å². The highest BCUT2D eigenvalue weighted by Crippen LogP contribution is 2.55. The average molecular weight is 354 g/mol. The molecule has 0 saturated heterocycles. The predicted octanol–water partition coefficient (Wildman–Crippen LogP) is 4.85. The number of nitrogens with zero attached hydrogens (tertiary/aromatic N) is 1. The molecule has 114 valence electrons. The third-order valence-electron chi connectivity index (χ3n) is 5.05. The van der Waals surface area contributed by atoms with E-state index in [4.69, 9.17) is 4.74 Å². The Kier molecular flexibility index (Phi) is 4.20. The third kappa shape index (κ3) is 2.80. The van der Waals surface area contributed by atoms with E-state index in [2.05, 4.69) is 15.9 Å². The molecule has 2 atom stereocenters. The van der Waals surface area contributed by atoms with Crippen LogP contribution in [-0.2, 0) is 0 Å². The number of halogens is 1. The summed E-state index contributed by atoms with van der Waals surface area (Å²) in [5.41, 5.74) is 0.372. The van der Waals surface area contributed by atoms with E-state index in [0.29, 0.717) is 4.83 Å². The smallest absolute Gasteiger partial charge is 0.269 e. The van der Waals surface area contributed by atoms with E-state index >= 15 is 0 Å². The summed E-state index contributed by atoms with van der Waals surface area (Å²) in [6.07, 6.45) is 8.92. The highest BCUT2D eigenvalue weighted by Gasteiger charge is 2.54. The lowest BCUT2D eigenvalue weighted by molar-refractivity contribution is -0.384. The molecule has 0 heterocycles.